The number of hydrogen-bond acceptors (Lipinski definition) is 6. The van der Waals surface area contributed by atoms with Gasteiger partial charge in [-0.05, 0) is 66.9 Å². The summed E-state index contributed by atoms with van der Waals surface area (Å²) in [4.78, 5) is 15.5. The molecule has 3 aromatic carbocycles. The number of non-ortho nitro benzene ring substituents is 1. The van der Waals surface area contributed by atoms with Crippen LogP contribution in [0.15, 0.2) is 76.8 Å². The second-order valence-corrected chi connectivity index (χ2v) is 7.73. The smallest absolute Gasteiger partial charge is 0.269 e. The zero-order valence-corrected chi connectivity index (χ0v) is 18.2. The lowest BCUT2D eigenvalue weighted by Crippen LogP contribution is -2.19. The van der Waals surface area contributed by atoms with Crippen LogP contribution in [0.3, 0.4) is 0 Å². The van der Waals surface area contributed by atoms with Gasteiger partial charge in [-0.2, -0.15) is 5.10 Å². The molecule has 0 fully saturated rings. The summed E-state index contributed by atoms with van der Waals surface area (Å²) in [5, 5.41) is 15.7. The van der Waals surface area contributed by atoms with Gasteiger partial charge in [0.2, 0.25) is 0 Å². The van der Waals surface area contributed by atoms with Gasteiger partial charge in [-0.25, -0.2) is 4.99 Å². The van der Waals surface area contributed by atoms with Crippen LogP contribution in [0.5, 0.6) is 5.75 Å². The predicted octanol–water partition coefficient (Wildman–Crippen LogP) is 5.55. The molecule has 7 nitrogen and oxygen atoms in total. The number of amidine groups is 1. The number of fused-ring (bicyclic) bond motifs is 1. The average Bonchev–Trinajstić information content (AvgIpc) is 2.99. The summed E-state index contributed by atoms with van der Waals surface area (Å²) in [6, 6.07) is 20.2. The SMILES string of the molecule is CCOc1ccc(C2=Nc3ccc(C(C)C)cc3C(c3ccc([N+](=O)[O-])cc3)=NN2)cc1. The number of ether oxygens (including phenoxy) is 1. The van der Waals surface area contributed by atoms with Gasteiger partial charge in [-0.15, -0.1) is 0 Å². The summed E-state index contributed by atoms with van der Waals surface area (Å²) in [7, 11) is 0. The average molecular weight is 428 g/mol. The topological polar surface area (TPSA) is 89.1 Å². The molecule has 0 saturated heterocycles. The van der Waals surface area contributed by atoms with Crippen LogP contribution in [-0.4, -0.2) is 23.1 Å². The number of nitro groups is 1. The van der Waals surface area contributed by atoms with E-state index in [1.54, 1.807) is 12.1 Å². The van der Waals surface area contributed by atoms with E-state index < -0.39 is 4.92 Å². The van der Waals surface area contributed by atoms with E-state index >= 15 is 0 Å². The van der Waals surface area contributed by atoms with Crippen LogP contribution in [0.1, 0.15) is 48.9 Å². The van der Waals surface area contributed by atoms with Crippen molar-refractivity contribution in [1.29, 1.82) is 0 Å². The van der Waals surface area contributed by atoms with Crippen molar-refractivity contribution in [3.05, 3.63) is 99.1 Å². The van der Waals surface area contributed by atoms with Crippen LogP contribution >= 0.6 is 0 Å². The number of benzene rings is 3. The summed E-state index contributed by atoms with van der Waals surface area (Å²) in [6.07, 6.45) is 0. The molecule has 0 bridgehead atoms. The van der Waals surface area contributed by atoms with Gasteiger partial charge in [0.1, 0.15) is 5.75 Å². The van der Waals surface area contributed by atoms with E-state index in [4.69, 9.17) is 9.73 Å². The van der Waals surface area contributed by atoms with Gasteiger partial charge in [0.25, 0.3) is 5.69 Å². The highest BCUT2D eigenvalue weighted by Gasteiger charge is 2.19. The van der Waals surface area contributed by atoms with Gasteiger partial charge in [-0.1, -0.05) is 19.9 Å². The summed E-state index contributed by atoms with van der Waals surface area (Å²) < 4.78 is 5.53. The molecule has 162 valence electrons. The number of rotatable bonds is 6. The van der Waals surface area contributed by atoms with Gasteiger partial charge in [-0.3, -0.25) is 15.5 Å². The number of hydrogen-bond donors (Lipinski definition) is 1. The summed E-state index contributed by atoms with van der Waals surface area (Å²) in [6.45, 7) is 6.82. The number of nitrogens with one attached hydrogen (secondary N) is 1. The zero-order chi connectivity index (χ0) is 22.7. The number of aliphatic imine (C=N–C) groups is 1. The van der Waals surface area contributed by atoms with Gasteiger partial charge in [0, 0.05) is 28.8 Å². The highest BCUT2D eigenvalue weighted by atomic mass is 16.6. The van der Waals surface area contributed by atoms with Crippen LogP contribution in [0.4, 0.5) is 11.4 Å². The van der Waals surface area contributed by atoms with Gasteiger partial charge >= 0.3 is 0 Å². The Balaban J connectivity index is 1.79. The highest BCUT2D eigenvalue weighted by Crippen LogP contribution is 2.30. The molecule has 1 heterocycles. The van der Waals surface area contributed by atoms with Crippen LogP contribution in [0, 0.1) is 10.1 Å². The minimum Gasteiger partial charge on any atom is -0.494 e. The molecule has 32 heavy (non-hydrogen) atoms. The van der Waals surface area contributed by atoms with Crippen molar-refractivity contribution in [3.63, 3.8) is 0 Å². The lowest BCUT2D eigenvalue weighted by Gasteiger charge is -2.12. The third-order valence-electron chi connectivity index (χ3n) is 5.24. The van der Waals surface area contributed by atoms with Crippen LogP contribution < -0.4 is 10.2 Å². The van der Waals surface area contributed by atoms with Crippen molar-refractivity contribution in [2.75, 3.05) is 6.61 Å². The van der Waals surface area contributed by atoms with Gasteiger partial charge in [0.15, 0.2) is 5.84 Å². The van der Waals surface area contributed by atoms with Gasteiger partial charge in [0.05, 0.1) is 22.9 Å². The fraction of sp³-hybridized carbons (Fsp3) is 0.200. The molecule has 0 aliphatic carbocycles. The molecule has 1 aliphatic rings. The third kappa shape index (κ3) is 4.37. The largest absolute Gasteiger partial charge is 0.494 e. The molecule has 0 radical (unpaired) electrons. The molecule has 7 heteroatoms. The van der Waals surface area contributed by atoms with Crippen molar-refractivity contribution >= 4 is 22.9 Å². The standard InChI is InChI=1S/C25H24N4O3/c1-4-32-21-12-7-18(8-13-21)25-26-23-14-9-19(16(2)3)15-22(23)24(27-28-25)17-5-10-20(11-6-17)29(30)31/h5-16H,4H2,1-3H3,(H,26,28). The molecule has 0 amide bonds. The second-order valence-electron chi connectivity index (χ2n) is 7.73. The Kier molecular flexibility index (Phi) is 5.98. The van der Waals surface area contributed by atoms with Gasteiger partial charge < -0.3 is 4.74 Å². The van der Waals surface area contributed by atoms with Crippen molar-refractivity contribution in [1.82, 2.24) is 5.43 Å². The lowest BCUT2D eigenvalue weighted by molar-refractivity contribution is -0.384. The van der Waals surface area contributed by atoms with Crippen molar-refractivity contribution in [2.24, 2.45) is 10.1 Å². The molecule has 0 unspecified atom stereocenters. The van der Waals surface area contributed by atoms with Crippen molar-refractivity contribution in [3.8, 4) is 5.75 Å². The molecule has 3 aromatic rings. The van der Waals surface area contributed by atoms with Crippen LogP contribution in [0.2, 0.25) is 0 Å². The van der Waals surface area contributed by atoms with E-state index in [1.165, 1.54) is 12.1 Å². The second kappa shape index (κ2) is 9.01. The van der Waals surface area contributed by atoms with E-state index in [1.807, 2.05) is 37.3 Å². The molecule has 1 N–H and O–H groups in total. The Morgan fingerprint density at radius 1 is 1.00 bits per heavy atom. The fourth-order valence-corrected chi connectivity index (χ4v) is 3.48. The lowest BCUT2D eigenvalue weighted by atomic mass is 9.94. The van der Waals surface area contributed by atoms with E-state index in [2.05, 4.69) is 36.5 Å². The van der Waals surface area contributed by atoms with Crippen LogP contribution in [-0.2, 0) is 0 Å². The van der Waals surface area contributed by atoms with E-state index in [0.29, 0.717) is 24.1 Å². The Morgan fingerprint density at radius 2 is 1.69 bits per heavy atom. The Hall–Kier alpha value is -4.00. The Morgan fingerprint density at radius 3 is 2.31 bits per heavy atom. The molecule has 1 aliphatic heterocycles. The Bertz CT molecular complexity index is 1200. The molecule has 4 rings (SSSR count). The first-order chi connectivity index (χ1) is 15.5. The van der Waals surface area contributed by atoms with E-state index in [9.17, 15) is 10.1 Å². The summed E-state index contributed by atoms with van der Waals surface area (Å²) in [5.41, 5.74) is 8.28. The first-order valence-corrected chi connectivity index (χ1v) is 10.5. The molecule has 0 saturated carbocycles. The normalized spacial score (nSPS) is 12.9. The first kappa shape index (κ1) is 21.2. The maximum absolute atomic E-state index is 11.1. The minimum atomic E-state index is -0.408. The highest BCUT2D eigenvalue weighted by molar-refractivity contribution is 6.18. The third-order valence-corrected chi connectivity index (χ3v) is 5.24. The maximum Gasteiger partial charge on any atom is 0.269 e. The number of nitro benzene ring substituents is 1. The molecular formula is C25H24N4O3. The summed E-state index contributed by atoms with van der Waals surface area (Å²) in [5.74, 6) is 1.75. The quantitative estimate of drug-likeness (QED) is 0.412. The number of hydrazone groups is 1. The minimum absolute atomic E-state index is 0.0402. The predicted molar refractivity (Wildman–Crippen MR) is 126 cm³/mol. The van der Waals surface area contributed by atoms with Crippen molar-refractivity contribution in [2.45, 2.75) is 26.7 Å². The molecule has 0 atom stereocenters. The van der Waals surface area contributed by atoms with E-state index in [0.717, 1.165) is 33.7 Å². The molecular weight excluding hydrogens is 404 g/mol. The summed E-state index contributed by atoms with van der Waals surface area (Å²) >= 11 is 0. The van der Waals surface area contributed by atoms with E-state index in [-0.39, 0.29) is 5.69 Å². The first-order valence-electron chi connectivity index (χ1n) is 10.5. The fourth-order valence-electron chi connectivity index (χ4n) is 3.48. The zero-order valence-electron chi connectivity index (χ0n) is 18.2. The maximum atomic E-state index is 11.1. The Labute approximate surface area is 186 Å². The molecule has 0 aromatic heterocycles. The monoisotopic (exact) mass is 428 g/mol. The van der Waals surface area contributed by atoms with Crippen LogP contribution in [0.25, 0.3) is 0 Å². The number of nitrogens with zero attached hydrogens (tertiary/aromatic N) is 3. The molecule has 0 spiro atoms. The van der Waals surface area contributed by atoms with Crippen molar-refractivity contribution < 1.29 is 9.66 Å².